The van der Waals surface area contributed by atoms with E-state index in [9.17, 15) is 31.5 Å². The molecule has 0 N–H and O–H groups in total. The molecule has 1 aromatic heterocycles. The second kappa shape index (κ2) is 6.93. The van der Waals surface area contributed by atoms with E-state index in [-0.39, 0.29) is 24.6 Å². The van der Waals surface area contributed by atoms with E-state index in [1.807, 2.05) is 0 Å². The number of piperidine rings is 1. The fourth-order valence-corrected chi connectivity index (χ4v) is 3.25. The van der Waals surface area contributed by atoms with E-state index < -0.39 is 42.9 Å². The largest absolute Gasteiger partial charge is 0.433 e. The minimum atomic E-state index is -4.65. The van der Waals surface area contributed by atoms with Gasteiger partial charge in [-0.2, -0.15) is 13.2 Å². The van der Waals surface area contributed by atoms with Crippen LogP contribution in [0.1, 0.15) is 25.0 Å². The highest BCUT2D eigenvalue weighted by Gasteiger charge is 2.46. The molecule has 0 bridgehead atoms. The van der Waals surface area contributed by atoms with Gasteiger partial charge in [0.05, 0.1) is 18.8 Å². The summed E-state index contributed by atoms with van der Waals surface area (Å²) in [6.07, 6.45) is -4.78. The van der Waals surface area contributed by atoms with Gasteiger partial charge in [0.2, 0.25) is 5.91 Å². The molecular formula is C16H16F5N3O3. The molecule has 0 spiro atoms. The second-order valence-electron chi connectivity index (χ2n) is 6.53. The number of hydrogen-bond acceptors (Lipinski definition) is 4. The standard InChI is InChI=1S/C16H16F5N3O3/c17-15(18)6-10(24-5-1-2-13(24)25)8-23(9-15)14(26)27-11-3-4-12(22-7-11)16(19,20)21/h3-4,7,10H,1-2,5-6,8-9H2. The lowest BCUT2D eigenvalue weighted by molar-refractivity contribution is -0.141. The topological polar surface area (TPSA) is 62.7 Å². The van der Waals surface area contributed by atoms with Crippen molar-refractivity contribution in [2.24, 2.45) is 0 Å². The smallest absolute Gasteiger partial charge is 0.409 e. The van der Waals surface area contributed by atoms with Crippen LogP contribution in [0.15, 0.2) is 18.3 Å². The first-order valence-corrected chi connectivity index (χ1v) is 8.22. The Morgan fingerprint density at radius 3 is 2.59 bits per heavy atom. The summed E-state index contributed by atoms with van der Waals surface area (Å²) in [6, 6.07) is 0.679. The third-order valence-corrected chi connectivity index (χ3v) is 4.43. The van der Waals surface area contributed by atoms with Crippen LogP contribution in [0.3, 0.4) is 0 Å². The highest BCUT2D eigenvalue weighted by Crippen LogP contribution is 2.32. The molecule has 0 aromatic carbocycles. The normalized spacial score (nSPS) is 22.9. The van der Waals surface area contributed by atoms with E-state index >= 15 is 0 Å². The summed E-state index contributed by atoms with van der Waals surface area (Å²) in [4.78, 5) is 29.3. The maximum Gasteiger partial charge on any atom is 0.433 e. The molecule has 27 heavy (non-hydrogen) atoms. The summed E-state index contributed by atoms with van der Waals surface area (Å²) < 4.78 is 70.4. The first-order chi connectivity index (χ1) is 12.5. The van der Waals surface area contributed by atoms with Gasteiger partial charge in [0.25, 0.3) is 5.92 Å². The maximum absolute atomic E-state index is 14.0. The van der Waals surface area contributed by atoms with Crippen LogP contribution in [-0.2, 0) is 11.0 Å². The average Bonchev–Trinajstić information content (AvgIpc) is 2.99. The van der Waals surface area contributed by atoms with Crippen LogP contribution >= 0.6 is 0 Å². The van der Waals surface area contributed by atoms with Crippen LogP contribution in [-0.4, -0.2) is 58.4 Å². The summed E-state index contributed by atoms with van der Waals surface area (Å²) >= 11 is 0. The molecule has 0 aliphatic carbocycles. The number of hydrogen-bond donors (Lipinski definition) is 0. The molecule has 2 aliphatic rings. The minimum Gasteiger partial charge on any atom is -0.409 e. The third kappa shape index (κ3) is 4.45. The van der Waals surface area contributed by atoms with E-state index in [1.165, 1.54) is 4.90 Å². The molecule has 3 rings (SSSR count). The average molecular weight is 393 g/mol. The molecule has 1 atom stereocenters. The number of carbonyl (C=O) groups is 2. The van der Waals surface area contributed by atoms with Crippen LogP contribution in [0.2, 0.25) is 0 Å². The zero-order valence-corrected chi connectivity index (χ0v) is 14.0. The van der Waals surface area contributed by atoms with Gasteiger partial charge >= 0.3 is 12.3 Å². The number of nitrogens with zero attached hydrogens (tertiary/aromatic N) is 3. The van der Waals surface area contributed by atoms with Crippen LogP contribution in [0.25, 0.3) is 0 Å². The Bertz CT molecular complexity index is 723. The van der Waals surface area contributed by atoms with E-state index in [4.69, 9.17) is 4.74 Å². The highest BCUT2D eigenvalue weighted by atomic mass is 19.4. The maximum atomic E-state index is 14.0. The van der Waals surface area contributed by atoms with Crippen LogP contribution in [0.4, 0.5) is 26.7 Å². The van der Waals surface area contributed by atoms with Gasteiger partial charge in [-0.3, -0.25) is 9.69 Å². The first-order valence-electron chi connectivity index (χ1n) is 8.22. The molecule has 0 saturated carbocycles. The van der Waals surface area contributed by atoms with Crippen molar-refractivity contribution in [1.29, 1.82) is 0 Å². The molecule has 148 valence electrons. The molecule has 2 amide bonds. The van der Waals surface area contributed by atoms with Gasteiger partial charge in [-0.05, 0) is 18.6 Å². The lowest BCUT2D eigenvalue weighted by Crippen LogP contribution is -2.57. The van der Waals surface area contributed by atoms with Crippen molar-refractivity contribution >= 4 is 12.0 Å². The fraction of sp³-hybridized carbons (Fsp3) is 0.562. The number of alkyl halides is 5. The van der Waals surface area contributed by atoms with Gasteiger partial charge in [-0.15, -0.1) is 0 Å². The molecule has 1 unspecified atom stereocenters. The first kappa shape index (κ1) is 19.3. The van der Waals surface area contributed by atoms with Crippen molar-refractivity contribution in [3.63, 3.8) is 0 Å². The molecular weight excluding hydrogens is 377 g/mol. The lowest BCUT2D eigenvalue weighted by atomic mass is 10.0. The molecule has 3 heterocycles. The molecule has 0 radical (unpaired) electrons. The number of halogens is 5. The number of amides is 2. The van der Waals surface area contributed by atoms with Crippen molar-refractivity contribution in [2.45, 2.75) is 37.4 Å². The van der Waals surface area contributed by atoms with Crippen molar-refractivity contribution < 1.29 is 36.3 Å². The lowest BCUT2D eigenvalue weighted by Gasteiger charge is -2.40. The Labute approximate surface area is 150 Å². The molecule has 1 aromatic rings. The monoisotopic (exact) mass is 393 g/mol. The number of likely N-dealkylation sites (tertiary alicyclic amines) is 2. The van der Waals surface area contributed by atoms with E-state index in [1.54, 1.807) is 0 Å². The van der Waals surface area contributed by atoms with Gasteiger partial charge in [0, 0.05) is 25.9 Å². The van der Waals surface area contributed by atoms with Crippen LogP contribution in [0, 0.1) is 0 Å². The van der Waals surface area contributed by atoms with Crippen molar-refractivity contribution in [3.05, 3.63) is 24.0 Å². The Kier molecular flexibility index (Phi) is 4.96. The van der Waals surface area contributed by atoms with Crippen molar-refractivity contribution in [3.8, 4) is 5.75 Å². The highest BCUT2D eigenvalue weighted by molar-refractivity contribution is 5.78. The van der Waals surface area contributed by atoms with Crippen molar-refractivity contribution in [1.82, 2.24) is 14.8 Å². The van der Waals surface area contributed by atoms with Crippen molar-refractivity contribution in [2.75, 3.05) is 19.6 Å². The number of carbonyl (C=O) groups excluding carboxylic acids is 2. The molecule has 2 fully saturated rings. The number of ether oxygens (including phenoxy) is 1. The predicted octanol–water partition coefficient (Wildman–Crippen LogP) is 2.93. The quantitative estimate of drug-likeness (QED) is 0.725. The van der Waals surface area contributed by atoms with E-state index in [2.05, 4.69) is 4.98 Å². The van der Waals surface area contributed by atoms with E-state index in [0.29, 0.717) is 25.2 Å². The fourth-order valence-electron chi connectivity index (χ4n) is 3.25. The molecule has 6 nitrogen and oxygen atoms in total. The second-order valence-corrected chi connectivity index (χ2v) is 6.53. The Morgan fingerprint density at radius 2 is 2.04 bits per heavy atom. The SMILES string of the molecule is O=C(Oc1ccc(C(F)(F)F)nc1)N1CC(N2CCCC2=O)CC(F)(F)C1. The number of rotatable bonds is 2. The van der Waals surface area contributed by atoms with Gasteiger partial charge < -0.3 is 9.64 Å². The number of pyridine rings is 1. The van der Waals surface area contributed by atoms with Gasteiger partial charge in [-0.25, -0.2) is 18.6 Å². The number of aromatic nitrogens is 1. The third-order valence-electron chi connectivity index (χ3n) is 4.43. The molecule has 11 heteroatoms. The van der Waals surface area contributed by atoms with Gasteiger partial charge in [0.15, 0.2) is 5.75 Å². The summed E-state index contributed by atoms with van der Waals surface area (Å²) in [5.41, 5.74) is -1.17. The van der Waals surface area contributed by atoms with E-state index in [0.717, 1.165) is 11.0 Å². The summed E-state index contributed by atoms with van der Waals surface area (Å²) in [7, 11) is 0. The Hall–Kier alpha value is -2.46. The van der Waals surface area contributed by atoms with Crippen LogP contribution < -0.4 is 4.74 Å². The molecule has 2 saturated heterocycles. The zero-order chi connectivity index (χ0) is 19.8. The minimum absolute atomic E-state index is 0.131. The zero-order valence-electron chi connectivity index (χ0n) is 14.0. The summed E-state index contributed by atoms with van der Waals surface area (Å²) in [5.74, 6) is -3.74. The summed E-state index contributed by atoms with van der Waals surface area (Å²) in [5, 5.41) is 0. The van der Waals surface area contributed by atoms with Gasteiger partial charge in [-0.1, -0.05) is 0 Å². The molecule has 2 aliphatic heterocycles. The predicted molar refractivity (Wildman–Crippen MR) is 81.1 cm³/mol. The Balaban J connectivity index is 1.68. The summed E-state index contributed by atoms with van der Waals surface area (Å²) in [6.45, 7) is -0.669. The van der Waals surface area contributed by atoms with Crippen LogP contribution in [0.5, 0.6) is 5.75 Å². The van der Waals surface area contributed by atoms with Gasteiger partial charge in [0.1, 0.15) is 5.69 Å². The Morgan fingerprint density at radius 1 is 1.30 bits per heavy atom.